The lowest BCUT2D eigenvalue weighted by atomic mass is 9.97. The zero-order valence-electron chi connectivity index (χ0n) is 17.5. The van der Waals surface area contributed by atoms with Gasteiger partial charge in [-0.2, -0.15) is 13.1 Å². The molecule has 0 saturated carbocycles. The maximum Gasteiger partial charge on any atom is 0.387 e. The molecule has 0 bridgehead atoms. The Labute approximate surface area is 189 Å². The number of amides is 1. The summed E-state index contributed by atoms with van der Waals surface area (Å²) >= 11 is 1.44. The van der Waals surface area contributed by atoms with Crippen molar-refractivity contribution in [2.75, 3.05) is 13.1 Å². The van der Waals surface area contributed by atoms with Crippen molar-refractivity contribution in [2.24, 2.45) is 0 Å². The summed E-state index contributed by atoms with van der Waals surface area (Å²) in [6.45, 7) is -0.283. The van der Waals surface area contributed by atoms with E-state index in [1.165, 1.54) is 27.8 Å². The third kappa shape index (κ3) is 5.02. The molecule has 1 N–H and O–H groups in total. The molecule has 1 aliphatic carbocycles. The van der Waals surface area contributed by atoms with E-state index in [0.717, 1.165) is 10.4 Å². The maximum atomic E-state index is 13.2. The summed E-state index contributed by atoms with van der Waals surface area (Å²) in [5.74, 6) is -0.0496. The van der Waals surface area contributed by atoms with Gasteiger partial charge in [0.05, 0.1) is 9.78 Å². The molecule has 0 spiro atoms. The van der Waals surface area contributed by atoms with Crippen molar-refractivity contribution in [3.05, 3.63) is 56.1 Å². The molecule has 32 heavy (non-hydrogen) atoms. The quantitative estimate of drug-likeness (QED) is 0.671. The lowest BCUT2D eigenvalue weighted by molar-refractivity contribution is -0.0498. The number of ether oxygens (including phenoxy) is 1. The average Bonchev–Trinajstić information content (AvgIpc) is 3.20. The molecule has 0 atom stereocenters. The molecule has 10 heteroatoms. The number of hydrogen-bond donors (Lipinski definition) is 1. The fourth-order valence-corrected chi connectivity index (χ4v) is 6.47. The van der Waals surface area contributed by atoms with Crippen LogP contribution in [0, 0.1) is 6.92 Å². The molecule has 2 heterocycles. The zero-order chi connectivity index (χ0) is 22.9. The van der Waals surface area contributed by atoms with Crippen LogP contribution in [0.1, 0.15) is 44.9 Å². The number of sulfonamides is 1. The summed E-state index contributed by atoms with van der Waals surface area (Å²) in [6, 6.07) is 8.19. The molecule has 4 rings (SSSR count). The number of nitrogens with one attached hydrogen (secondary N) is 1. The topological polar surface area (TPSA) is 75.7 Å². The smallest absolute Gasteiger partial charge is 0.387 e. The molecule has 1 saturated heterocycles. The van der Waals surface area contributed by atoms with Crippen LogP contribution in [0.5, 0.6) is 5.75 Å². The van der Waals surface area contributed by atoms with Gasteiger partial charge in [-0.05, 0) is 74.1 Å². The first-order valence-electron chi connectivity index (χ1n) is 10.4. The fraction of sp³-hybridized carbons (Fsp3) is 0.409. The van der Waals surface area contributed by atoms with Gasteiger partial charge >= 0.3 is 6.61 Å². The van der Waals surface area contributed by atoms with Gasteiger partial charge in [-0.15, -0.1) is 11.3 Å². The van der Waals surface area contributed by atoms with Gasteiger partial charge in [-0.25, -0.2) is 8.42 Å². The third-order valence-corrected chi connectivity index (χ3v) is 8.75. The van der Waals surface area contributed by atoms with Crippen molar-refractivity contribution in [2.45, 2.75) is 45.3 Å². The predicted molar refractivity (Wildman–Crippen MR) is 119 cm³/mol. The second kappa shape index (κ2) is 9.29. The van der Waals surface area contributed by atoms with E-state index >= 15 is 0 Å². The number of carbonyl (C=O) groups excluding carboxylic acids is 1. The second-order valence-electron chi connectivity index (χ2n) is 7.91. The summed E-state index contributed by atoms with van der Waals surface area (Å²) < 4.78 is 57.1. The fourth-order valence-electron chi connectivity index (χ4n) is 4.04. The Morgan fingerprint density at radius 3 is 2.59 bits per heavy atom. The van der Waals surface area contributed by atoms with Crippen molar-refractivity contribution < 1.29 is 26.7 Å². The largest absolute Gasteiger partial charge is 0.435 e. The summed E-state index contributed by atoms with van der Waals surface area (Å²) in [5.41, 5.74) is 1.48. The van der Waals surface area contributed by atoms with E-state index in [9.17, 15) is 22.0 Å². The number of allylic oxidation sites excluding steroid dienone is 1. The van der Waals surface area contributed by atoms with E-state index in [4.69, 9.17) is 0 Å². The highest BCUT2D eigenvalue weighted by atomic mass is 32.2. The Kier molecular flexibility index (Phi) is 6.64. The number of fused-ring (bicyclic) bond motifs is 1. The van der Waals surface area contributed by atoms with Crippen molar-refractivity contribution in [1.82, 2.24) is 9.62 Å². The minimum Gasteiger partial charge on any atom is -0.435 e. The number of aryl methyl sites for hydroxylation is 2. The molecular formula is C22H24F2N2O4S2. The van der Waals surface area contributed by atoms with E-state index in [2.05, 4.69) is 10.1 Å². The molecule has 0 radical (unpaired) electrons. The van der Waals surface area contributed by atoms with Crippen LogP contribution in [-0.2, 0) is 16.4 Å². The van der Waals surface area contributed by atoms with Crippen LogP contribution in [0.3, 0.4) is 0 Å². The van der Waals surface area contributed by atoms with Gasteiger partial charge in [0, 0.05) is 24.0 Å². The van der Waals surface area contributed by atoms with Crippen LogP contribution in [0.2, 0.25) is 0 Å². The highest BCUT2D eigenvalue weighted by molar-refractivity contribution is 7.93. The Morgan fingerprint density at radius 2 is 1.94 bits per heavy atom. The van der Waals surface area contributed by atoms with Gasteiger partial charge in [-0.3, -0.25) is 4.79 Å². The molecule has 1 aromatic heterocycles. The molecule has 6 nitrogen and oxygen atoms in total. The van der Waals surface area contributed by atoms with Gasteiger partial charge < -0.3 is 10.1 Å². The predicted octanol–water partition coefficient (Wildman–Crippen LogP) is 4.17. The van der Waals surface area contributed by atoms with Crippen molar-refractivity contribution in [3.8, 4) is 5.75 Å². The highest BCUT2D eigenvalue weighted by Gasteiger charge is 2.32. The summed E-state index contributed by atoms with van der Waals surface area (Å²) in [4.78, 5) is 14.4. The van der Waals surface area contributed by atoms with Gasteiger partial charge in [0.15, 0.2) is 0 Å². The van der Waals surface area contributed by atoms with Gasteiger partial charge in [0.2, 0.25) is 10.0 Å². The number of benzene rings is 1. The average molecular weight is 483 g/mol. The standard InChI is InChI=1S/C22H24F2N2O4S2/c1-14-2-7-20(31-14)21(27)25-17-8-10-26(11-9-17)32(28,29)19-6-4-15-12-18(30-22(23)24)5-3-16(15)13-19/h2-3,5,7,12-13,17,22H,4,6,8-11H2,1H3,(H,25,27). The number of thiophene rings is 1. The van der Waals surface area contributed by atoms with E-state index < -0.39 is 16.6 Å². The van der Waals surface area contributed by atoms with Gasteiger partial charge in [0.25, 0.3) is 5.91 Å². The van der Waals surface area contributed by atoms with Crippen LogP contribution in [0.15, 0.2) is 35.2 Å². The number of rotatable bonds is 6. The number of hydrogen-bond acceptors (Lipinski definition) is 5. The molecule has 172 valence electrons. The zero-order valence-corrected chi connectivity index (χ0v) is 19.1. The van der Waals surface area contributed by atoms with Gasteiger partial charge in [0.1, 0.15) is 5.75 Å². The van der Waals surface area contributed by atoms with Crippen molar-refractivity contribution in [1.29, 1.82) is 0 Å². The lowest BCUT2D eigenvalue weighted by Gasteiger charge is -2.32. The molecular weight excluding hydrogens is 458 g/mol. The SMILES string of the molecule is Cc1ccc(C(=O)NC2CCN(S(=O)(=O)C3=Cc4ccc(OC(F)F)cc4CC3)CC2)s1. The van der Waals surface area contributed by atoms with Gasteiger partial charge in [-0.1, -0.05) is 6.07 Å². The maximum absolute atomic E-state index is 13.2. The first-order chi connectivity index (χ1) is 15.2. The molecule has 1 fully saturated rings. The van der Waals surface area contributed by atoms with Crippen LogP contribution in [0.25, 0.3) is 6.08 Å². The minimum atomic E-state index is -3.63. The highest BCUT2D eigenvalue weighted by Crippen LogP contribution is 2.32. The molecule has 1 amide bonds. The summed E-state index contributed by atoms with van der Waals surface area (Å²) in [6.07, 6.45) is 3.46. The molecule has 0 unspecified atom stereocenters. The molecule has 1 aromatic carbocycles. The van der Waals surface area contributed by atoms with Crippen LogP contribution < -0.4 is 10.1 Å². The van der Waals surface area contributed by atoms with Crippen molar-refractivity contribution >= 4 is 33.3 Å². The Morgan fingerprint density at radius 1 is 1.19 bits per heavy atom. The Balaban J connectivity index is 1.39. The number of halogens is 2. The number of alkyl halides is 2. The third-order valence-electron chi connectivity index (χ3n) is 5.72. The number of piperidine rings is 1. The minimum absolute atomic E-state index is 0.0642. The Hall–Kier alpha value is -2.30. The van der Waals surface area contributed by atoms with Crippen LogP contribution in [0.4, 0.5) is 8.78 Å². The monoisotopic (exact) mass is 482 g/mol. The van der Waals surface area contributed by atoms with E-state index in [1.807, 2.05) is 13.0 Å². The van der Waals surface area contributed by atoms with Crippen LogP contribution >= 0.6 is 11.3 Å². The van der Waals surface area contributed by atoms with E-state index in [1.54, 1.807) is 18.2 Å². The van der Waals surface area contributed by atoms with E-state index in [-0.39, 0.29) is 17.7 Å². The first-order valence-corrected chi connectivity index (χ1v) is 12.6. The number of carbonyl (C=O) groups is 1. The Bertz CT molecular complexity index is 1140. The normalized spacial score (nSPS) is 17.7. The van der Waals surface area contributed by atoms with E-state index in [0.29, 0.717) is 54.1 Å². The first kappa shape index (κ1) is 22.9. The summed E-state index contributed by atoms with van der Waals surface area (Å²) in [5, 5.41) is 3.00. The lowest BCUT2D eigenvalue weighted by Crippen LogP contribution is -2.46. The van der Waals surface area contributed by atoms with Crippen LogP contribution in [-0.4, -0.2) is 44.4 Å². The second-order valence-corrected chi connectivity index (χ2v) is 11.2. The molecule has 2 aliphatic rings. The summed E-state index contributed by atoms with van der Waals surface area (Å²) in [7, 11) is -3.63. The number of nitrogens with zero attached hydrogens (tertiary/aromatic N) is 1. The molecule has 2 aromatic rings. The molecule has 1 aliphatic heterocycles. The van der Waals surface area contributed by atoms with Crippen molar-refractivity contribution in [3.63, 3.8) is 0 Å².